The van der Waals surface area contributed by atoms with Crippen molar-refractivity contribution in [1.82, 2.24) is 10.2 Å². The lowest BCUT2D eigenvalue weighted by Crippen LogP contribution is -2.46. The second kappa shape index (κ2) is 6.96. The lowest BCUT2D eigenvalue weighted by Gasteiger charge is -2.32. The lowest BCUT2D eigenvalue weighted by molar-refractivity contribution is 0.0690. The molecule has 0 bridgehead atoms. The summed E-state index contributed by atoms with van der Waals surface area (Å²) in [5.41, 5.74) is 0.189. The van der Waals surface area contributed by atoms with Crippen molar-refractivity contribution in [2.45, 2.75) is 25.8 Å². The zero-order valence-electron chi connectivity index (χ0n) is 13.8. The zero-order chi connectivity index (χ0) is 18.0. The molecule has 1 aliphatic heterocycles. The maximum atomic E-state index is 13.8. The van der Waals surface area contributed by atoms with E-state index in [1.807, 2.05) is 0 Å². The number of likely N-dealkylation sites (tertiary alicyclic amines) is 1. The van der Waals surface area contributed by atoms with E-state index >= 15 is 0 Å². The summed E-state index contributed by atoms with van der Waals surface area (Å²) in [6.45, 7) is 2.47. The maximum absolute atomic E-state index is 13.8. The predicted molar refractivity (Wildman–Crippen MR) is 87.9 cm³/mol. The van der Waals surface area contributed by atoms with Crippen LogP contribution in [0.1, 0.15) is 39.3 Å². The van der Waals surface area contributed by atoms with Crippen LogP contribution in [0.25, 0.3) is 0 Å². The van der Waals surface area contributed by atoms with Crippen LogP contribution in [0, 0.1) is 12.7 Å². The molecular weight excluding hydrogens is 327 g/mol. The molecule has 2 N–H and O–H groups in total. The number of hydrogen-bond acceptors (Lipinski definition) is 4. The molecule has 1 saturated heterocycles. The Morgan fingerprint density at radius 1 is 1.28 bits per heavy atom. The zero-order valence-corrected chi connectivity index (χ0v) is 13.8. The van der Waals surface area contributed by atoms with Gasteiger partial charge in [0.25, 0.3) is 11.8 Å². The average molecular weight is 346 g/mol. The Balaban J connectivity index is 1.59. The van der Waals surface area contributed by atoms with Crippen LogP contribution < -0.4 is 5.32 Å². The first-order chi connectivity index (χ1) is 12.0. The fourth-order valence-corrected chi connectivity index (χ4v) is 2.99. The van der Waals surface area contributed by atoms with Crippen molar-refractivity contribution in [2.75, 3.05) is 13.1 Å². The van der Waals surface area contributed by atoms with Gasteiger partial charge in [-0.05, 0) is 38.0 Å². The van der Waals surface area contributed by atoms with Gasteiger partial charge in [0.15, 0.2) is 0 Å². The molecule has 0 atom stereocenters. The summed E-state index contributed by atoms with van der Waals surface area (Å²) in [5, 5.41) is 12.7. The molecule has 0 aliphatic carbocycles. The Hall–Kier alpha value is -2.83. The van der Waals surface area contributed by atoms with Crippen LogP contribution in [0.5, 0.6) is 5.75 Å². The number of benzene rings is 1. The number of halogens is 1. The van der Waals surface area contributed by atoms with Gasteiger partial charge in [-0.2, -0.15) is 0 Å². The number of rotatable bonds is 3. The van der Waals surface area contributed by atoms with Crippen LogP contribution in [0.2, 0.25) is 0 Å². The largest absolute Gasteiger partial charge is 0.507 e. The Morgan fingerprint density at radius 2 is 2.00 bits per heavy atom. The quantitative estimate of drug-likeness (QED) is 0.894. The van der Waals surface area contributed by atoms with E-state index in [0.29, 0.717) is 37.3 Å². The van der Waals surface area contributed by atoms with E-state index < -0.39 is 11.7 Å². The fraction of sp³-hybridized carbons (Fsp3) is 0.333. The minimum Gasteiger partial charge on any atom is -0.507 e. The van der Waals surface area contributed by atoms with Crippen molar-refractivity contribution < 1.29 is 23.5 Å². The number of hydrogen-bond donors (Lipinski definition) is 2. The Kier molecular flexibility index (Phi) is 4.74. The van der Waals surface area contributed by atoms with Crippen LogP contribution in [-0.4, -0.2) is 41.0 Å². The number of nitrogens with zero attached hydrogens (tertiary/aromatic N) is 1. The normalized spacial score (nSPS) is 15.2. The number of amides is 2. The minimum absolute atomic E-state index is 0.0694. The van der Waals surface area contributed by atoms with Crippen molar-refractivity contribution in [3.8, 4) is 5.75 Å². The van der Waals surface area contributed by atoms with Crippen molar-refractivity contribution in [1.29, 1.82) is 0 Å². The molecule has 25 heavy (non-hydrogen) atoms. The highest BCUT2D eigenvalue weighted by Crippen LogP contribution is 2.23. The second-order valence-electron chi connectivity index (χ2n) is 6.06. The first-order valence-corrected chi connectivity index (χ1v) is 8.09. The van der Waals surface area contributed by atoms with Gasteiger partial charge in [-0.1, -0.05) is 6.07 Å². The minimum atomic E-state index is -0.740. The fourth-order valence-electron chi connectivity index (χ4n) is 2.99. The van der Waals surface area contributed by atoms with Crippen LogP contribution in [0.15, 0.2) is 34.9 Å². The Morgan fingerprint density at radius 3 is 2.60 bits per heavy atom. The number of piperidine rings is 1. The van der Waals surface area contributed by atoms with E-state index in [0.717, 1.165) is 6.07 Å². The van der Waals surface area contributed by atoms with E-state index in [9.17, 15) is 19.1 Å². The van der Waals surface area contributed by atoms with Crippen LogP contribution in [-0.2, 0) is 0 Å². The third kappa shape index (κ3) is 3.50. The third-order valence-corrected chi connectivity index (χ3v) is 4.43. The van der Waals surface area contributed by atoms with Crippen molar-refractivity contribution >= 4 is 11.8 Å². The smallest absolute Gasteiger partial charge is 0.260 e. The number of furan rings is 1. The van der Waals surface area contributed by atoms with E-state index in [1.54, 1.807) is 13.0 Å². The standard InChI is InChI=1S/C18H19FN2O4/c1-11-13(7-10-25-11)17(23)20-12-5-8-21(9-6-12)18(24)16-14(19)3-2-4-15(16)22/h2-4,7,10,12,22H,5-6,8-9H2,1H3,(H,20,23). The molecule has 1 aromatic carbocycles. The Labute approximate surface area is 144 Å². The van der Waals surface area contributed by atoms with Gasteiger partial charge in [-0.3, -0.25) is 9.59 Å². The van der Waals surface area contributed by atoms with E-state index in [1.165, 1.54) is 23.3 Å². The predicted octanol–water partition coefficient (Wildman–Crippen LogP) is 2.47. The van der Waals surface area contributed by atoms with Crippen LogP contribution in [0.4, 0.5) is 4.39 Å². The second-order valence-corrected chi connectivity index (χ2v) is 6.06. The molecular formula is C18H19FN2O4. The molecule has 0 radical (unpaired) electrons. The highest BCUT2D eigenvalue weighted by atomic mass is 19.1. The summed E-state index contributed by atoms with van der Waals surface area (Å²) in [7, 11) is 0. The van der Waals surface area contributed by atoms with Crippen molar-refractivity contribution in [3.63, 3.8) is 0 Å². The molecule has 2 aromatic rings. The van der Waals surface area contributed by atoms with E-state index in [-0.39, 0.29) is 23.3 Å². The van der Waals surface area contributed by atoms with Gasteiger partial charge in [0.2, 0.25) is 0 Å². The molecule has 3 rings (SSSR count). The van der Waals surface area contributed by atoms with Gasteiger partial charge in [-0.25, -0.2) is 4.39 Å². The molecule has 7 heteroatoms. The molecule has 0 saturated carbocycles. The maximum Gasteiger partial charge on any atom is 0.260 e. The number of nitrogens with one attached hydrogen (secondary N) is 1. The highest BCUT2D eigenvalue weighted by molar-refractivity contribution is 5.97. The molecule has 0 spiro atoms. The van der Waals surface area contributed by atoms with E-state index in [2.05, 4.69) is 5.32 Å². The Bertz CT molecular complexity index is 774. The van der Waals surface area contributed by atoms with Gasteiger partial charge in [-0.15, -0.1) is 0 Å². The first kappa shape index (κ1) is 17.0. The molecule has 1 aliphatic rings. The summed E-state index contributed by atoms with van der Waals surface area (Å²) >= 11 is 0. The molecule has 1 fully saturated rings. The highest BCUT2D eigenvalue weighted by Gasteiger charge is 2.28. The number of carbonyl (C=O) groups is 2. The number of phenolic OH excluding ortho intramolecular Hbond substituents is 1. The molecule has 132 valence electrons. The summed E-state index contributed by atoms with van der Waals surface area (Å²) in [4.78, 5) is 26.1. The van der Waals surface area contributed by atoms with Gasteiger partial charge in [0.05, 0.1) is 11.8 Å². The molecule has 6 nitrogen and oxygen atoms in total. The van der Waals surface area contributed by atoms with Gasteiger partial charge in [0.1, 0.15) is 22.9 Å². The topological polar surface area (TPSA) is 82.8 Å². The summed E-state index contributed by atoms with van der Waals surface area (Å²) in [6.07, 6.45) is 2.58. The molecule has 2 heterocycles. The summed E-state index contributed by atoms with van der Waals surface area (Å²) in [5.74, 6) is -1.29. The monoisotopic (exact) mass is 346 g/mol. The third-order valence-electron chi connectivity index (χ3n) is 4.43. The summed E-state index contributed by atoms with van der Waals surface area (Å²) < 4.78 is 18.9. The van der Waals surface area contributed by atoms with Crippen LogP contribution >= 0.6 is 0 Å². The number of phenols is 1. The number of aryl methyl sites for hydroxylation is 1. The number of carbonyl (C=O) groups excluding carboxylic acids is 2. The van der Waals surface area contributed by atoms with Gasteiger partial charge >= 0.3 is 0 Å². The molecule has 1 aromatic heterocycles. The first-order valence-electron chi connectivity index (χ1n) is 8.09. The SMILES string of the molecule is Cc1occc1C(=O)NC1CCN(C(=O)c2c(O)cccc2F)CC1. The molecule has 2 amide bonds. The van der Waals surface area contributed by atoms with Crippen molar-refractivity contribution in [2.24, 2.45) is 0 Å². The van der Waals surface area contributed by atoms with Gasteiger partial charge < -0.3 is 19.7 Å². The van der Waals surface area contributed by atoms with Crippen LogP contribution in [0.3, 0.4) is 0 Å². The number of aromatic hydroxyl groups is 1. The van der Waals surface area contributed by atoms with Crippen molar-refractivity contribution in [3.05, 3.63) is 53.2 Å². The summed E-state index contributed by atoms with van der Waals surface area (Å²) in [6, 6.07) is 5.33. The van der Waals surface area contributed by atoms with E-state index in [4.69, 9.17) is 4.42 Å². The van der Waals surface area contributed by atoms with Gasteiger partial charge in [0, 0.05) is 19.1 Å². The molecule has 0 unspecified atom stereocenters. The average Bonchev–Trinajstić information content (AvgIpc) is 3.01. The lowest BCUT2D eigenvalue weighted by atomic mass is 10.0.